The van der Waals surface area contributed by atoms with E-state index in [1.165, 1.54) is 26.2 Å². The van der Waals surface area contributed by atoms with Gasteiger partial charge in [-0.2, -0.15) is 0 Å². The van der Waals surface area contributed by atoms with Crippen molar-refractivity contribution in [2.75, 3.05) is 34.5 Å². The van der Waals surface area contributed by atoms with Crippen LogP contribution in [0, 0.1) is 0 Å². The number of carbonyl (C=O) groups is 2. The number of Topliss-reactive ketones (excluding diaryl/α,β-unsaturated/α-hetero) is 1. The smallest absolute Gasteiger partial charge is 0.290 e. The molecule has 0 aliphatic carbocycles. The minimum absolute atomic E-state index is 0.0619. The third kappa shape index (κ3) is 5.99. The topological polar surface area (TPSA) is 94.5 Å². The van der Waals surface area contributed by atoms with Crippen LogP contribution < -0.4 is 14.2 Å². The molecular weight excluding hydrogens is 462 g/mol. The van der Waals surface area contributed by atoms with Crippen LogP contribution in [0.15, 0.2) is 53.8 Å². The first-order valence-corrected chi connectivity index (χ1v) is 12.0. The van der Waals surface area contributed by atoms with Gasteiger partial charge in [0.05, 0.1) is 39.0 Å². The molecule has 3 rings (SSSR count). The summed E-state index contributed by atoms with van der Waals surface area (Å²) in [7, 11) is 4.51. The summed E-state index contributed by atoms with van der Waals surface area (Å²) in [5.41, 5.74) is 1.66. The minimum Gasteiger partial charge on any atom is -0.503 e. The number of aliphatic hydroxyl groups excluding tert-OH is 1. The summed E-state index contributed by atoms with van der Waals surface area (Å²) >= 11 is 0. The Morgan fingerprint density at radius 1 is 1.03 bits per heavy atom. The number of methoxy groups -OCH3 is 3. The summed E-state index contributed by atoms with van der Waals surface area (Å²) in [6.45, 7) is 4.63. The van der Waals surface area contributed by atoms with Crippen molar-refractivity contribution in [2.24, 2.45) is 0 Å². The SMILES string of the molecule is COc1cc(C2C(C(=O)CCc3ccccc3)=C(O)C(=O)N2CCCOC(C)C)cc(OC)c1OC. The predicted octanol–water partition coefficient (Wildman–Crippen LogP) is 4.42. The number of rotatable bonds is 13. The third-order valence-electron chi connectivity index (χ3n) is 6.08. The molecule has 1 unspecified atom stereocenters. The zero-order chi connectivity index (χ0) is 26.2. The van der Waals surface area contributed by atoms with Gasteiger partial charge < -0.3 is 29.0 Å². The van der Waals surface area contributed by atoms with Gasteiger partial charge in [0.25, 0.3) is 5.91 Å². The molecule has 2 aromatic carbocycles. The lowest BCUT2D eigenvalue weighted by Crippen LogP contribution is -2.33. The van der Waals surface area contributed by atoms with Gasteiger partial charge in [0, 0.05) is 19.6 Å². The summed E-state index contributed by atoms with van der Waals surface area (Å²) in [5, 5.41) is 10.9. The molecule has 1 aliphatic heterocycles. The van der Waals surface area contributed by atoms with Crippen molar-refractivity contribution in [3.05, 3.63) is 64.9 Å². The van der Waals surface area contributed by atoms with Crippen molar-refractivity contribution in [3.63, 3.8) is 0 Å². The summed E-state index contributed by atoms with van der Waals surface area (Å²) in [6, 6.07) is 12.2. The van der Waals surface area contributed by atoms with E-state index < -0.39 is 17.7 Å². The maximum Gasteiger partial charge on any atom is 0.290 e. The number of aryl methyl sites for hydroxylation is 1. The number of carbonyl (C=O) groups excluding carboxylic acids is 2. The number of ketones is 1. The van der Waals surface area contributed by atoms with Gasteiger partial charge in [-0.1, -0.05) is 30.3 Å². The Morgan fingerprint density at radius 3 is 2.22 bits per heavy atom. The molecule has 1 amide bonds. The van der Waals surface area contributed by atoms with Crippen LogP contribution in [0.3, 0.4) is 0 Å². The number of hydrogen-bond acceptors (Lipinski definition) is 7. The summed E-state index contributed by atoms with van der Waals surface area (Å²) < 4.78 is 22.1. The van der Waals surface area contributed by atoms with E-state index in [4.69, 9.17) is 18.9 Å². The van der Waals surface area contributed by atoms with Gasteiger partial charge >= 0.3 is 0 Å². The number of nitrogens with zero attached hydrogens (tertiary/aromatic N) is 1. The first kappa shape index (κ1) is 27.1. The summed E-state index contributed by atoms with van der Waals surface area (Å²) in [4.78, 5) is 28.1. The lowest BCUT2D eigenvalue weighted by molar-refractivity contribution is -0.129. The van der Waals surface area contributed by atoms with Crippen LogP contribution in [0.4, 0.5) is 0 Å². The number of hydrogen-bond donors (Lipinski definition) is 1. The molecule has 0 radical (unpaired) electrons. The Labute approximate surface area is 212 Å². The van der Waals surface area contributed by atoms with Gasteiger partial charge in [-0.25, -0.2) is 0 Å². The molecule has 0 saturated carbocycles. The van der Waals surface area contributed by atoms with Gasteiger partial charge in [0.1, 0.15) is 0 Å². The Hall–Kier alpha value is -3.52. The Morgan fingerprint density at radius 2 is 1.67 bits per heavy atom. The van der Waals surface area contributed by atoms with Crippen LogP contribution in [0.5, 0.6) is 17.2 Å². The average Bonchev–Trinajstić information content (AvgIpc) is 3.14. The zero-order valence-corrected chi connectivity index (χ0v) is 21.6. The van der Waals surface area contributed by atoms with Gasteiger partial charge in [-0.05, 0) is 49.9 Å². The normalized spacial score (nSPS) is 15.6. The van der Waals surface area contributed by atoms with Crippen molar-refractivity contribution in [2.45, 2.75) is 45.3 Å². The minimum atomic E-state index is -0.798. The first-order valence-electron chi connectivity index (χ1n) is 12.0. The van der Waals surface area contributed by atoms with Gasteiger partial charge in [0.2, 0.25) is 5.75 Å². The average molecular weight is 498 g/mol. The molecule has 1 N–H and O–H groups in total. The van der Waals surface area contributed by atoms with Gasteiger partial charge in [-0.3, -0.25) is 9.59 Å². The first-order chi connectivity index (χ1) is 17.3. The maximum absolute atomic E-state index is 13.4. The quantitative estimate of drug-likeness (QED) is 0.409. The van der Waals surface area contributed by atoms with Crippen LogP contribution >= 0.6 is 0 Å². The Bertz CT molecular complexity index is 1070. The van der Waals surface area contributed by atoms with Crippen molar-refractivity contribution < 1.29 is 33.6 Å². The molecule has 0 saturated heterocycles. The van der Waals surface area contributed by atoms with Crippen molar-refractivity contribution >= 4 is 11.7 Å². The van der Waals surface area contributed by atoms with Crippen LogP contribution in [0.25, 0.3) is 0 Å². The lowest BCUT2D eigenvalue weighted by atomic mass is 9.92. The Kier molecular flexibility index (Phi) is 9.36. The molecule has 8 heteroatoms. The fourth-order valence-corrected chi connectivity index (χ4v) is 4.37. The van der Waals surface area contributed by atoms with E-state index in [1.54, 1.807) is 12.1 Å². The second kappa shape index (κ2) is 12.4. The van der Waals surface area contributed by atoms with E-state index in [2.05, 4.69) is 0 Å². The molecule has 8 nitrogen and oxygen atoms in total. The third-order valence-corrected chi connectivity index (χ3v) is 6.08. The fraction of sp³-hybridized carbons (Fsp3) is 0.429. The number of ether oxygens (including phenoxy) is 4. The van der Waals surface area contributed by atoms with E-state index in [-0.39, 0.29) is 23.9 Å². The molecule has 1 heterocycles. The number of amides is 1. The molecule has 0 fully saturated rings. The highest BCUT2D eigenvalue weighted by Gasteiger charge is 2.43. The zero-order valence-electron chi connectivity index (χ0n) is 21.6. The molecule has 1 aliphatic rings. The van der Waals surface area contributed by atoms with Gasteiger partial charge in [-0.15, -0.1) is 0 Å². The highest BCUT2D eigenvalue weighted by Crippen LogP contribution is 2.45. The van der Waals surface area contributed by atoms with E-state index in [1.807, 2.05) is 44.2 Å². The van der Waals surface area contributed by atoms with E-state index in [9.17, 15) is 14.7 Å². The fourth-order valence-electron chi connectivity index (χ4n) is 4.37. The van der Waals surface area contributed by atoms with Crippen molar-refractivity contribution in [1.29, 1.82) is 0 Å². The summed E-state index contributed by atoms with van der Waals surface area (Å²) in [6.07, 6.45) is 1.26. The molecule has 0 bridgehead atoms. The predicted molar refractivity (Wildman–Crippen MR) is 136 cm³/mol. The Balaban J connectivity index is 1.98. The monoisotopic (exact) mass is 497 g/mol. The van der Waals surface area contributed by atoms with Crippen LogP contribution in [-0.4, -0.2) is 62.3 Å². The maximum atomic E-state index is 13.4. The molecular formula is C28H35NO7. The number of aliphatic hydroxyl groups is 1. The number of benzene rings is 2. The molecule has 0 aromatic heterocycles. The molecule has 0 spiro atoms. The van der Waals surface area contributed by atoms with Gasteiger partial charge in [0.15, 0.2) is 23.0 Å². The van der Waals surface area contributed by atoms with E-state index in [0.29, 0.717) is 48.8 Å². The molecule has 1 atom stereocenters. The molecule has 2 aromatic rings. The second-order valence-corrected chi connectivity index (χ2v) is 8.80. The largest absolute Gasteiger partial charge is 0.503 e. The van der Waals surface area contributed by atoms with E-state index in [0.717, 1.165) is 5.56 Å². The van der Waals surface area contributed by atoms with E-state index >= 15 is 0 Å². The standard InChI is InChI=1S/C28H35NO7/c1-18(2)36-15-9-14-29-25(20-16-22(33-3)27(35-5)23(17-20)34-4)24(26(31)28(29)32)21(30)13-12-19-10-7-6-8-11-19/h6-8,10-11,16-18,25,31H,9,12-15H2,1-5H3. The van der Waals surface area contributed by atoms with Crippen LogP contribution in [-0.2, 0) is 20.7 Å². The van der Waals surface area contributed by atoms with Crippen LogP contribution in [0.1, 0.15) is 43.9 Å². The van der Waals surface area contributed by atoms with Crippen LogP contribution in [0.2, 0.25) is 0 Å². The highest BCUT2D eigenvalue weighted by molar-refractivity contribution is 6.09. The highest BCUT2D eigenvalue weighted by atomic mass is 16.5. The molecule has 194 valence electrons. The summed E-state index contributed by atoms with van der Waals surface area (Å²) in [5.74, 6) is -0.202. The lowest BCUT2D eigenvalue weighted by Gasteiger charge is -2.28. The second-order valence-electron chi connectivity index (χ2n) is 8.80. The van der Waals surface area contributed by atoms with Crippen molar-refractivity contribution in [1.82, 2.24) is 4.90 Å². The molecule has 36 heavy (non-hydrogen) atoms. The van der Waals surface area contributed by atoms with Crippen molar-refractivity contribution in [3.8, 4) is 17.2 Å².